The molecule has 2 heterocycles. The molecule has 130 valence electrons. The highest BCUT2D eigenvalue weighted by Crippen LogP contribution is 2.27. The fraction of sp³-hybridized carbons (Fsp3) is 0.500. The molecule has 0 radical (unpaired) electrons. The number of amides is 2. The van der Waals surface area contributed by atoms with E-state index in [1.165, 1.54) is 18.1 Å². The monoisotopic (exact) mass is 337 g/mol. The predicted molar refractivity (Wildman–Crippen MR) is 85.8 cm³/mol. The summed E-state index contributed by atoms with van der Waals surface area (Å²) in [5.74, 6) is -0.440. The number of anilines is 2. The molecule has 0 saturated carbocycles. The van der Waals surface area contributed by atoms with E-state index in [9.17, 15) is 14.0 Å². The lowest BCUT2D eigenvalue weighted by Gasteiger charge is -2.36. The molecule has 3 rings (SSSR count). The van der Waals surface area contributed by atoms with Crippen LogP contribution in [0.4, 0.5) is 20.6 Å². The van der Waals surface area contributed by atoms with Crippen LogP contribution in [-0.2, 0) is 14.3 Å². The van der Waals surface area contributed by atoms with E-state index in [4.69, 9.17) is 9.47 Å². The summed E-state index contributed by atoms with van der Waals surface area (Å²) in [6.45, 7) is 2.98. The van der Waals surface area contributed by atoms with E-state index in [-0.39, 0.29) is 18.3 Å². The lowest BCUT2D eigenvalue weighted by molar-refractivity contribution is -0.135. The normalized spacial score (nSPS) is 18.1. The molecular formula is C16H20FN3O4. The maximum Gasteiger partial charge on any atom is 0.414 e. The highest BCUT2D eigenvalue weighted by molar-refractivity contribution is 5.89. The average Bonchev–Trinajstić information content (AvgIpc) is 3.01. The minimum absolute atomic E-state index is 0.0551. The molecule has 7 nitrogen and oxygen atoms in total. The van der Waals surface area contributed by atoms with Crippen LogP contribution in [0.5, 0.6) is 0 Å². The van der Waals surface area contributed by atoms with E-state index in [0.717, 1.165) is 0 Å². The van der Waals surface area contributed by atoms with Crippen molar-refractivity contribution in [1.29, 1.82) is 0 Å². The third-order valence-corrected chi connectivity index (χ3v) is 4.24. The van der Waals surface area contributed by atoms with Gasteiger partial charge in [0.25, 0.3) is 0 Å². The molecule has 2 saturated heterocycles. The van der Waals surface area contributed by atoms with E-state index in [1.54, 1.807) is 17.0 Å². The molecule has 2 aliphatic rings. The number of rotatable bonds is 4. The number of halogens is 1. The highest BCUT2D eigenvalue weighted by Gasteiger charge is 2.26. The Hall–Kier alpha value is -2.35. The Balaban J connectivity index is 1.66. The number of hydrogen-bond acceptors (Lipinski definition) is 5. The summed E-state index contributed by atoms with van der Waals surface area (Å²) in [4.78, 5) is 28.4. The minimum Gasteiger partial charge on any atom is -0.447 e. The summed E-state index contributed by atoms with van der Waals surface area (Å²) in [6.07, 6.45) is -0.451. The van der Waals surface area contributed by atoms with Crippen molar-refractivity contribution >= 4 is 23.4 Å². The number of piperazine rings is 1. The largest absolute Gasteiger partial charge is 0.447 e. The number of methoxy groups -OCH3 is 1. The number of cyclic esters (lactones) is 1. The molecular weight excluding hydrogens is 317 g/mol. The Morgan fingerprint density at radius 3 is 2.58 bits per heavy atom. The fourth-order valence-corrected chi connectivity index (χ4v) is 2.96. The van der Waals surface area contributed by atoms with Gasteiger partial charge in [0, 0.05) is 33.3 Å². The SMILES string of the molecule is COCC(=O)N1CCN(c2ccc(N3CCOC3=O)cc2F)CC1. The Kier molecular flexibility index (Phi) is 4.84. The van der Waals surface area contributed by atoms with Crippen molar-refractivity contribution in [2.24, 2.45) is 0 Å². The topological polar surface area (TPSA) is 62.3 Å². The second-order valence-electron chi connectivity index (χ2n) is 5.70. The van der Waals surface area contributed by atoms with Crippen molar-refractivity contribution in [3.8, 4) is 0 Å². The van der Waals surface area contributed by atoms with Gasteiger partial charge in [-0.1, -0.05) is 0 Å². The molecule has 2 amide bonds. The lowest BCUT2D eigenvalue weighted by Crippen LogP contribution is -2.50. The summed E-state index contributed by atoms with van der Waals surface area (Å²) in [7, 11) is 1.49. The van der Waals surface area contributed by atoms with Gasteiger partial charge in [-0.3, -0.25) is 9.69 Å². The van der Waals surface area contributed by atoms with E-state index >= 15 is 0 Å². The van der Waals surface area contributed by atoms with Crippen LogP contribution in [0.2, 0.25) is 0 Å². The van der Waals surface area contributed by atoms with Gasteiger partial charge in [0.1, 0.15) is 19.0 Å². The van der Waals surface area contributed by atoms with Crippen molar-refractivity contribution in [2.75, 3.05) is 62.8 Å². The summed E-state index contributed by atoms with van der Waals surface area (Å²) in [5.41, 5.74) is 0.970. The first-order valence-electron chi connectivity index (χ1n) is 7.85. The van der Waals surface area contributed by atoms with Gasteiger partial charge in [0.05, 0.1) is 17.9 Å². The maximum atomic E-state index is 14.5. The minimum atomic E-state index is -0.451. The second-order valence-corrected chi connectivity index (χ2v) is 5.70. The van der Waals surface area contributed by atoms with Crippen LogP contribution in [0.1, 0.15) is 0 Å². The summed E-state index contributed by atoms with van der Waals surface area (Å²) in [6, 6.07) is 4.74. The highest BCUT2D eigenvalue weighted by atomic mass is 19.1. The van der Waals surface area contributed by atoms with Gasteiger partial charge in [0.15, 0.2) is 0 Å². The zero-order chi connectivity index (χ0) is 17.1. The van der Waals surface area contributed by atoms with Gasteiger partial charge < -0.3 is 19.3 Å². The molecule has 0 unspecified atom stereocenters. The number of benzene rings is 1. The Bertz CT molecular complexity index is 632. The zero-order valence-electron chi connectivity index (χ0n) is 13.5. The van der Waals surface area contributed by atoms with Crippen LogP contribution < -0.4 is 9.80 Å². The van der Waals surface area contributed by atoms with Crippen LogP contribution in [0, 0.1) is 5.82 Å². The molecule has 0 spiro atoms. The van der Waals surface area contributed by atoms with E-state index in [0.29, 0.717) is 50.7 Å². The van der Waals surface area contributed by atoms with Crippen molar-refractivity contribution in [3.63, 3.8) is 0 Å². The van der Waals surface area contributed by atoms with Gasteiger partial charge in [-0.15, -0.1) is 0 Å². The smallest absolute Gasteiger partial charge is 0.414 e. The van der Waals surface area contributed by atoms with E-state index in [1.807, 2.05) is 4.90 Å². The van der Waals surface area contributed by atoms with E-state index in [2.05, 4.69) is 0 Å². The van der Waals surface area contributed by atoms with Gasteiger partial charge in [-0.05, 0) is 18.2 Å². The molecule has 8 heteroatoms. The molecule has 0 aliphatic carbocycles. The van der Waals surface area contributed by atoms with Crippen molar-refractivity contribution in [3.05, 3.63) is 24.0 Å². The first-order valence-corrected chi connectivity index (χ1v) is 7.85. The Morgan fingerprint density at radius 2 is 2.00 bits per heavy atom. The Morgan fingerprint density at radius 1 is 1.25 bits per heavy atom. The van der Waals surface area contributed by atoms with Gasteiger partial charge >= 0.3 is 6.09 Å². The van der Waals surface area contributed by atoms with Crippen molar-refractivity contribution < 1.29 is 23.5 Å². The molecule has 1 aromatic rings. The van der Waals surface area contributed by atoms with Crippen LogP contribution in [0.3, 0.4) is 0 Å². The molecule has 1 aromatic carbocycles. The number of carbonyl (C=O) groups excluding carboxylic acids is 2. The van der Waals surface area contributed by atoms with Gasteiger partial charge in [-0.25, -0.2) is 9.18 Å². The van der Waals surface area contributed by atoms with Crippen LogP contribution in [-0.4, -0.2) is 69.9 Å². The summed E-state index contributed by atoms with van der Waals surface area (Å²) < 4.78 is 24.2. The van der Waals surface area contributed by atoms with Gasteiger partial charge in [0.2, 0.25) is 5.91 Å². The Labute approximate surface area is 139 Å². The first-order chi connectivity index (χ1) is 11.6. The zero-order valence-corrected chi connectivity index (χ0v) is 13.5. The van der Waals surface area contributed by atoms with Crippen molar-refractivity contribution in [2.45, 2.75) is 0 Å². The van der Waals surface area contributed by atoms with Crippen LogP contribution in [0.25, 0.3) is 0 Å². The lowest BCUT2D eigenvalue weighted by atomic mass is 10.2. The number of ether oxygens (including phenoxy) is 2. The summed E-state index contributed by atoms with van der Waals surface area (Å²) >= 11 is 0. The van der Waals surface area contributed by atoms with Gasteiger partial charge in [-0.2, -0.15) is 0 Å². The van der Waals surface area contributed by atoms with Crippen LogP contribution in [0.15, 0.2) is 18.2 Å². The molecule has 0 atom stereocenters. The molecule has 2 aliphatic heterocycles. The molecule has 0 aromatic heterocycles. The third kappa shape index (κ3) is 3.28. The number of carbonyl (C=O) groups is 2. The standard InChI is InChI=1S/C16H20FN3O4/c1-23-11-15(21)19-6-4-18(5-7-19)14-3-2-12(10-13(14)17)20-8-9-24-16(20)22/h2-3,10H,4-9,11H2,1H3. The number of hydrogen-bond donors (Lipinski definition) is 0. The quantitative estimate of drug-likeness (QED) is 0.823. The molecule has 0 bridgehead atoms. The van der Waals surface area contributed by atoms with Crippen molar-refractivity contribution in [1.82, 2.24) is 4.90 Å². The molecule has 0 N–H and O–H groups in total. The first kappa shape index (κ1) is 16.5. The predicted octanol–water partition coefficient (Wildman–Crippen LogP) is 1.08. The maximum absolute atomic E-state index is 14.5. The summed E-state index contributed by atoms with van der Waals surface area (Å²) in [5, 5.41) is 0. The average molecular weight is 337 g/mol. The molecule has 24 heavy (non-hydrogen) atoms. The second kappa shape index (κ2) is 7.04. The molecule has 2 fully saturated rings. The fourth-order valence-electron chi connectivity index (χ4n) is 2.96. The van der Waals surface area contributed by atoms with E-state index < -0.39 is 6.09 Å². The third-order valence-electron chi connectivity index (χ3n) is 4.24. The van der Waals surface area contributed by atoms with Crippen LogP contribution >= 0.6 is 0 Å². The number of nitrogens with zero attached hydrogens (tertiary/aromatic N) is 3.